The van der Waals surface area contributed by atoms with E-state index >= 15 is 0 Å². The zero-order chi connectivity index (χ0) is 19.1. The van der Waals surface area contributed by atoms with Crippen molar-refractivity contribution >= 4 is 17.6 Å². The number of hydrogen-bond acceptors (Lipinski definition) is 5. The molecule has 26 heavy (non-hydrogen) atoms. The molecule has 0 aliphatic carbocycles. The summed E-state index contributed by atoms with van der Waals surface area (Å²) in [5, 5.41) is 2.30. The first kappa shape index (κ1) is 19.2. The van der Waals surface area contributed by atoms with Crippen LogP contribution in [0, 0.1) is 11.6 Å². The van der Waals surface area contributed by atoms with Crippen LogP contribution in [0.25, 0.3) is 0 Å². The smallest absolute Gasteiger partial charge is 0.338 e. The Morgan fingerprint density at radius 1 is 1.04 bits per heavy atom. The molecule has 0 aliphatic heterocycles. The van der Waals surface area contributed by atoms with Crippen LogP contribution in [0.5, 0.6) is 11.5 Å². The summed E-state index contributed by atoms with van der Waals surface area (Å²) >= 11 is 0. The zero-order valence-corrected chi connectivity index (χ0v) is 14.2. The summed E-state index contributed by atoms with van der Waals surface area (Å²) in [5.74, 6) is -2.73. The van der Waals surface area contributed by atoms with Gasteiger partial charge in [0.25, 0.3) is 5.91 Å². The summed E-state index contributed by atoms with van der Waals surface area (Å²) in [6.45, 7) is 1.66. The highest BCUT2D eigenvalue weighted by atomic mass is 19.2. The van der Waals surface area contributed by atoms with Crippen molar-refractivity contribution in [1.82, 2.24) is 0 Å². The summed E-state index contributed by atoms with van der Waals surface area (Å²) < 4.78 is 41.3. The maximum Gasteiger partial charge on any atom is 0.338 e. The zero-order valence-electron chi connectivity index (χ0n) is 14.2. The lowest BCUT2D eigenvalue weighted by atomic mass is 10.2. The predicted octanol–water partition coefficient (Wildman–Crippen LogP) is 3.17. The van der Waals surface area contributed by atoms with Crippen LogP contribution in [0.15, 0.2) is 36.4 Å². The van der Waals surface area contributed by atoms with Gasteiger partial charge in [-0.3, -0.25) is 4.79 Å². The van der Waals surface area contributed by atoms with Crippen molar-refractivity contribution < 1.29 is 32.6 Å². The fourth-order valence-corrected chi connectivity index (χ4v) is 2.05. The minimum Gasteiger partial charge on any atom is -0.493 e. The van der Waals surface area contributed by atoms with Gasteiger partial charge < -0.3 is 19.5 Å². The van der Waals surface area contributed by atoms with Gasteiger partial charge in [-0.15, -0.1) is 0 Å². The van der Waals surface area contributed by atoms with Crippen molar-refractivity contribution in [1.29, 1.82) is 0 Å². The fourth-order valence-electron chi connectivity index (χ4n) is 2.05. The number of amides is 1. The lowest BCUT2D eigenvalue weighted by molar-refractivity contribution is -0.119. The second-order valence-electron chi connectivity index (χ2n) is 5.05. The molecule has 1 amide bonds. The standard InChI is InChI=1S/C18H17F2NO5/c1-3-25-15-7-4-11(8-16(15)24-2)18(23)26-10-17(22)21-12-5-6-13(19)14(20)9-12/h4-9H,3,10H2,1-2H3,(H,21,22). The molecule has 0 saturated carbocycles. The van der Waals surface area contributed by atoms with Crippen molar-refractivity contribution in [2.45, 2.75) is 6.92 Å². The molecule has 0 aromatic heterocycles. The minimum absolute atomic E-state index is 0.0488. The largest absolute Gasteiger partial charge is 0.493 e. The van der Waals surface area contributed by atoms with E-state index in [9.17, 15) is 18.4 Å². The van der Waals surface area contributed by atoms with Gasteiger partial charge in [-0.25, -0.2) is 13.6 Å². The van der Waals surface area contributed by atoms with Crippen LogP contribution in [0.3, 0.4) is 0 Å². The number of esters is 1. The molecule has 2 aromatic rings. The molecule has 0 heterocycles. The third-order valence-electron chi connectivity index (χ3n) is 3.24. The van der Waals surface area contributed by atoms with E-state index in [1.165, 1.54) is 25.3 Å². The Hall–Kier alpha value is -3.16. The molecule has 0 radical (unpaired) electrons. The number of nitrogens with one attached hydrogen (secondary N) is 1. The maximum absolute atomic E-state index is 13.1. The van der Waals surface area contributed by atoms with E-state index in [0.29, 0.717) is 18.1 Å². The summed E-state index contributed by atoms with van der Waals surface area (Å²) in [5.41, 5.74) is 0.221. The average Bonchev–Trinajstić information content (AvgIpc) is 2.63. The van der Waals surface area contributed by atoms with Gasteiger partial charge >= 0.3 is 5.97 Å². The molecular weight excluding hydrogens is 348 g/mol. The second kappa shape index (κ2) is 8.80. The topological polar surface area (TPSA) is 73.9 Å². The number of benzene rings is 2. The first-order chi connectivity index (χ1) is 12.4. The molecule has 0 aliphatic rings. The second-order valence-corrected chi connectivity index (χ2v) is 5.05. The van der Waals surface area contributed by atoms with Crippen LogP contribution in [0.2, 0.25) is 0 Å². The van der Waals surface area contributed by atoms with Crippen LogP contribution in [-0.4, -0.2) is 32.2 Å². The average molecular weight is 365 g/mol. The summed E-state index contributed by atoms with van der Waals surface area (Å²) in [6, 6.07) is 7.36. The Morgan fingerprint density at radius 2 is 1.81 bits per heavy atom. The number of halogens is 2. The minimum atomic E-state index is -1.10. The monoisotopic (exact) mass is 365 g/mol. The van der Waals surface area contributed by atoms with Gasteiger partial charge in [-0.1, -0.05) is 0 Å². The van der Waals surface area contributed by atoms with Gasteiger partial charge in [0.1, 0.15) is 0 Å². The third-order valence-corrected chi connectivity index (χ3v) is 3.24. The molecule has 138 valence electrons. The van der Waals surface area contributed by atoms with Gasteiger partial charge in [-0.05, 0) is 37.3 Å². The van der Waals surface area contributed by atoms with E-state index in [1.807, 2.05) is 6.92 Å². The molecule has 0 spiro atoms. The Kier molecular flexibility index (Phi) is 6.48. The molecule has 2 aromatic carbocycles. The van der Waals surface area contributed by atoms with Crippen molar-refractivity contribution in [3.8, 4) is 11.5 Å². The third kappa shape index (κ3) is 4.92. The lowest BCUT2D eigenvalue weighted by Gasteiger charge is -2.11. The molecule has 0 bridgehead atoms. The Bertz CT molecular complexity index is 810. The highest BCUT2D eigenvalue weighted by Gasteiger charge is 2.14. The number of carbonyl (C=O) groups excluding carboxylic acids is 2. The molecule has 8 heteroatoms. The van der Waals surface area contributed by atoms with Crippen LogP contribution in [0.1, 0.15) is 17.3 Å². The first-order valence-corrected chi connectivity index (χ1v) is 7.67. The molecule has 0 atom stereocenters. The molecule has 0 fully saturated rings. The van der Waals surface area contributed by atoms with Crippen molar-refractivity contribution in [2.75, 3.05) is 25.6 Å². The Morgan fingerprint density at radius 3 is 2.46 bits per heavy atom. The highest BCUT2D eigenvalue weighted by molar-refractivity contribution is 5.95. The van der Waals surface area contributed by atoms with E-state index in [4.69, 9.17) is 14.2 Å². The number of anilines is 1. The van der Waals surface area contributed by atoms with Crippen molar-refractivity contribution in [2.24, 2.45) is 0 Å². The van der Waals surface area contributed by atoms with Crippen LogP contribution >= 0.6 is 0 Å². The van der Waals surface area contributed by atoms with Gasteiger partial charge in [0.05, 0.1) is 19.3 Å². The molecule has 2 rings (SSSR count). The van der Waals surface area contributed by atoms with E-state index in [2.05, 4.69) is 5.32 Å². The number of hydrogen-bond donors (Lipinski definition) is 1. The van der Waals surface area contributed by atoms with E-state index < -0.39 is 30.1 Å². The summed E-state index contributed by atoms with van der Waals surface area (Å²) in [4.78, 5) is 23.8. The van der Waals surface area contributed by atoms with Crippen LogP contribution in [0.4, 0.5) is 14.5 Å². The number of ether oxygens (including phenoxy) is 3. The SMILES string of the molecule is CCOc1ccc(C(=O)OCC(=O)Nc2ccc(F)c(F)c2)cc1OC. The van der Waals surface area contributed by atoms with Crippen molar-refractivity contribution in [3.63, 3.8) is 0 Å². The number of methoxy groups -OCH3 is 1. The molecule has 0 unspecified atom stereocenters. The summed E-state index contributed by atoms with van der Waals surface area (Å²) in [6.07, 6.45) is 0. The Balaban J connectivity index is 1.95. The van der Waals surface area contributed by atoms with E-state index in [1.54, 1.807) is 6.07 Å². The fraction of sp³-hybridized carbons (Fsp3) is 0.222. The van der Waals surface area contributed by atoms with Crippen molar-refractivity contribution in [3.05, 3.63) is 53.6 Å². The predicted molar refractivity (Wildman–Crippen MR) is 89.4 cm³/mol. The number of carbonyl (C=O) groups is 2. The maximum atomic E-state index is 13.1. The summed E-state index contributed by atoms with van der Waals surface area (Å²) in [7, 11) is 1.43. The molecule has 1 N–H and O–H groups in total. The molecule has 0 saturated heterocycles. The van der Waals surface area contributed by atoms with Gasteiger partial charge in [-0.2, -0.15) is 0 Å². The van der Waals surface area contributed by atoms with E-state index in [0.717, 1.165) is 12.1 Å². The Labute approximate surface area is 148 Å². The normalized spacial score (nSPS) is 10.2. The lowest BCUT2D eigenvalue weighted by Crippen LogP contribution is -2.21. The van der Waals surface area contributed by atoms with Crippen LogP contribution < -0.4 is 14.8 Å². The van der Waals surface area contributed by atoms with Gasteiger partial charge in [0.15, 0.2) is 29.7 Å². The quantitative estimate of drug-likeness (QED) is 0.763. The highest BCUT2D eigenvalue weighted by Crippen LogP contribution is 2.28. The first-order valence-electron chi connectivity index (χ1n) is 7.67. The van der Waals surface area contributed by atoms with E-state index in [-0.39, 0.29) is 11.3 Å². The van der Waals surface area contributed by atoms with Gasteiger partial charge in [0.2, 0.25) is 0 Å². The van der Waals surface area contributed by atoms with Gasteiger partial charge in [0, 0.05) is 11.8 Å². The molecular formula is C18H17F2NO5. The number of rotatable bonds is 7. The molecule has 6 nitrogen and oxygen atoms in total. The van der Waals surface area contributed by atoms with Crippen LogP contribution in [-0.2, 0) is 9.53 Å².